The second-order valence-corrected chi connectivity index (χ2v) is 4.47. The molecule has 2 heterocycles. The molecule has 0 unspecified atom stereocenters. The molecule has 0 saturated carbocycles. The fraction of sp³-hybridized carbons (Fsp3) is 0.333. The zero-order valence-corrected chi connectivity index (χ0v) is 12.1. The van der Waals surface area contributed by atoms with Crippen LogP contribution in [0.5, 0.6) is 0 Å². The smallest absolute Gasteiger partial charge is 0.245 e. The number of carbonyl (C=O) groups is 1. The number of hydrogen-bond acceptors (Lipinski definition) is 3. The Morgan fingerprint density at radius 2 is 2.12 bits per heavy atom. The Labute approximate surface area is 120 Å². The Kier molecular flexibility index (Phi) is 6.54. The number of carbonyl (C=O) groups excluding carboxylic acids is 1. The highest BCUT2D eigenvalue weighted by atomic mass is 127. The molecule has 1 saturated heterocycles. The lowest BCUT2D eigenvalue weighted by molar-refractivity contribution is -0.118. The van der Waals surface area contributed by atoms with Gasteiger partial charge in [-0.3, -0.25) is 9.69 Å². The maximum absolute atomic E-state index is 11.5. The maximum Gasteiger partial charge on any atom is 0.245 e. The fourth-order valence-electron chi connectivity index (χ4n) is 1.46. The summed E-state index contributed by atoms with van der Waals surface area (Å²) in [4.78, 5) is 17.4. The van der Waals surface area contributed by atoms with E-state index >= 15 is 0 Å². The van der Waals surface area contributed by atoms with Gasteiger partial charge in [0.2, 0.25) is 5.91 Å². The Hall–Kier alpha value is -0.110. The van der Waals surface area contributed by atoms with Crippen LogP contribution in [-0.2, 0) is 4.79 Å². The van der Waals surface area contributed by atoms with Crippen molar-refractivity contribution in [2.24, 2.45) is 5.73 Å². The number of nitrogens with zero attached hydrogens (tertiary/aromatic N) is 2. The van der Waals surface area contributed by atoms with E-state index in [0.717, 1.165) is 3.57 Å². The predicted molar refractivity (Wildman–Crippen MR) is 76.4 cm³/mol. The van der Waals surface area contributed by atoms with Gasteiger partial charge in [-0.1, -0.05) is 0 Å². The summed E-state index contributed by atoms with van der Waals surface area (Å²) in [5, 5.41) is 0. The van der Waals surface area contributed by atoms with Crippen LogP contribution in [0.3, 0.4) is 0 Å². The maximum atomic E-state index is 11.5. The molecule has 2 rings (SSSR count). The van der Waals surface area contributed by atoms with Crippen molar-refractivity contribution in [3.63, 3.8) is 0 Å². The van der Waals surface area contributed by atoms with Crippen LogP contribution >= 0.6 is 47.4 Å². The van der Waals surface area contributed by atoms with Crippen LogP contribution in [0.25, 0.3) is 0 Å². The highest BCUT2D eigenvalue weighted by Gasteiger charge is 2.29. The first kappa shape index (κ1) is 15.9. The summed E-state index contributed by atoms with van der Waals surface area (Å²) in [6.45, 7) is 0.674. The van der Waals surface area contributed by atoms with Crippen LogP contribution in [0.2, 0.25) is 0 Å². The number of pyridine rings is 1. The molecule has 1 aromatic heterocycles. The molecule has 0 aliphatic carbocycles. The van der Waals surface area contributed by atoms with E-state index in [2.05, 4.69) is 27.6 Å². The summed E-state index contributed by atoms with van der Waals surface area (Å²) in [6.07, 6.45) is 2.46. The minimum atomic E-state index is -0.351. The van der Waals surface area contributed by atoms with Crippen LogP contribution < -0.4 is 10.6 Å². The van der Waals surface area contributed by atoms with Gasteiger partial charge < -0.3 is 5.73 Å². The molecule has 90 valence electrons. The molecule has 1 atom stereocenters. The van der Waals surface area contributed by atoms with Crippen LogP contribution in [0.4, 0.5) is 5.82 Å². The topological polar surface area (TPSA) is 59.2 Å². The number of amides is 1. The number of hydrogen-bond donors (Lipinski definition) is 1. The van der Waals surface area contributed by atoms with Crippen molar-refractivity contribution in [3.8, 4) is 0 Å². The van der Waals surface area contributed by atoms with Crippen molar-refractivity contribution in [3.05, 3.63) is 21.9 Å². The molecule has 4 nitrogen and oxygen atoms in total. The molecule has 0 spiro atoms. The molecule has 0 aromatic carbocycles. The number of halogens is 3. The van der Waals surface area contributed by atoms with E-state index in [9.17, 15) is 4.79 Å². The zero-order valence-electron chi connectivity index (χ0n) is 8.30. The molecular formula is C9H12Cl2IN3O. The van der Waals surface area contributed by atoms with Crippen LogP contribution in [0, 0.1) is 3.57 Å². The molecule has 7 heteroatoms. The monoisotopic (exact) mass is 375 g/mol. The van der Waals surface area contributed by atoms with E-state index in [1.165, 1.54) is 0 Å². The number of rotatable bonds is 1. The molecule has 0 radical (unpaired) electrons. The van der Waals surface area contributed by atoms with Gasteiger partial charge in [0, 0.05) is 16.3 Å². The first-order valence-corrected chi connectivity index (χ1v) is 5.45. The van der Waals surface area contributed by atoms with Crippen molar-refractivity contribution >= 4 is 59.1 Å². The number of anilines is 1. The molecule has 0 bridgehead atoms. The Morgan fingerprint density at radius 3 is 2.56 bits per heavy atom. The van der Waals surface area contributed by atoms with Gasteiger partial charge in [-0.25, -0.2) is 4.98 Å². The second-order valence-electron chi connectivity index (χ2n) is 3.22. The largest absolute Gasteiger partial charge is 0.320 e. The fourth-order valence-corrected chi connectivity index (χ4v) is 1.78. The van der Waals surface area contributed by atoms with Gasteiger partial charge in [0.1, 0.15) is 5.82 Å². The minimum Gasteiger partial charge on any atom is -0.320 e. The molecule has 16 heavy (non-hydrogen) atoms. The van der Waals surface area contributed by atoms with Gasteiger partial charge in [-0.05, 0) is 41.1 Å². The van der Waals surface area contributed by atoms with Gasteiger partial charge in [-0.15, -0.1) is 24.8 Å². The van der Waals surface area contributed by atoms with Crippen molar-refractivity contribution in [1.82, 2.24) is 4.98 Å². The standard InChI is InChI=1S/C9H10IN3O.2ClH/c10-6-1-2-8(12-5-6)13-4-3-7(11)9(13)14;;/h1-2,5,7H,3-4,11H2;2*1H/t7-;;/m0../s1. The summed E-state index contributed by atoms with van der Waals surface area (Å²) in [6, 6.07) is 3.42. The average molecular weight is 376 g/mol. The number of aromatic nitrogens is 1. The van der Waals surface area contributed by atoms with E-state index < -0.39 is 0 Å². The average Bonchev–Trinajstić information content (AvgIpc) is 2.50. The quantitative estimate of drug-likeness (QED) is 0.758. The van der Waals surface area contributed by atoms with Crippen LogP contribution in [0.15, 0.2) is 18.3 Å². The summed E-state index contributed by atoms with van der Waals surface area (Å²) in [5.41, 5.74) is 5.62. The summed E-state index contributed by atoms with van der Waals surface area (Å²) >= 11 is 2.18. The zero-order chi connectivity index (χ0) is 10.1. The molecule has 2 N–H and O–H groups in total. The van der Waals surface area contributed by atoms with Gasteiger partial charge in [0.25, 0.3) is 0 Å². The molecule has 1 fully saturated rings. The third-order valence-corrected chi connectivity index (χ3v) is 2.87. The van der Waals surface area contributed by atoms with Gasteiger partial charge in [0.05, 0.1) is 6.04 Å². The first-order chi connectivity index (χ1) is 6.68. The molecule has 1 amide bonds. The molecular weight excluding hydrogens is 364 g/mol. The van der Waals surface area contributed by atoms with Gasteiger partial charge >= 0.3 is 0 Å². The van der Waals surface area contributed by atoms with Crippen molar-refractivity contribution < 1.29 is 4.79 Å². The van der Waals surface area contributed by atoms with E-state index in [-0.39, 0.29) is 36.8 Å². The number of nitrogens with two attached hydrogens (primary N) is 1. The Balaban J connectivity index is 0.00000112. The van der Waals surface area contributed by atoms with E-state index in [1.807, 2.05) is 12.1 Å². The minimum absolute atomic E-state index is 0. The van der Waals surface area contributed by atoms with Gasteiger partial charge in [0.15, 0.2) is 0 Å². The van der Waals surface area contributed by atoms with Crippen LogP contribution in [-0.4, -0.2) is 23.5 Å². The Morgan fingerprint density at radius 1 is 1.44 bits per heavy atom. The molecule has 1 aromatic rings. The second kappa shape index (κ2) is 6.58. The lowest BCUT2D eigenvalue weighted by Crippen LogP contribution is -2.34. The summed E-state index contributed by atoms with van der Waals surface area (Å²) in [5.74, 6) is 0.669. The third kappa shape index (κ3) is 3.19. The lowest BCUT2D eigenvalue weighted by atomic mass is 10.3. The molecule has 1 aliphatic rings. The summed E-state index contributed by atoms with van der Waals surface area (Å²) in [7, 11) is 0. The van der Waals surface area contributed by atoms with E-state index in [1.54, 1.807) is 11.1 Å². The van der Waals surface area contributed by atoms with Gasteiger partial charge in [-0.2, -0.15) is 0 Å². The third-order valence-electron chi connectivity index (χ3n) is 2.24. The Bertz CT molecular complexity index is 360. The lowest BCUT2D eigenvalue weighted by Gasteiger charge is -2.14. The van der Waals surface area contributed by atoms with Crippen LogP contribution in [0.1, 0.15) is 6.42 Å². The van der Waals surface area contributed by atoms with E-state index in [0.29, 0.717) is 18.8 Å². The SMILES string of the molecule is Cl.Cl.N[C@H]1CCN(c2ccc(I)cn2)C1=O. The van der Waals surface area contributed by atoms with Crippen molar-refractivity contribution in [2.75, 3.05) is 11.4 Å². The predicted octanol–water partition coefficient (Wildman–Crippen LogP) is 1.59. The van der Waals surface area contributed by atoms with Crippen molar-refractivity contribution in [1.29, 1.82) is 0 Å². The summed E-state index contributed by atoms with van der Waals surface area (Å²) < 4.78 is 1.06. The molecule has 1 aliphatic heterocycles. The van der Waals surface area contributed by atoms with Crippen molar-refractivity contribution in [2.45, 2.75) is 12.5 Å². The highest BCUT2D eigenvalue weighted by molar-refractivity contribution is 14.1. The normalized spacial score (nSPS) is 19.0. The van der Waals surface area contributed by atoms with E-state index in [4.69, 9.17) is 5.73 Å². The first-order valence-electron chi connectivity index (χ1n) is 4.37. The highest BCUT2D eigenvalue weighted by Crippen LogP contribution is 2.18.